The zero-order valence-corrected chi connectivity index (χ0v) is 8.31. The first kappa shape index (κ1) is 9.28. The van der Waals surface area contributed by atoms with Gasteiger partial charge < -0.3 is 5.73 Å². The van der Waals surface area contributed by atoms with Crippen LogP contribution in [-0.2, 0) is 0 Å². The van der Waals surface area contributed by atoms with Crippen molar-refractivity contribution in [1.82, 2.24) is 4.98 Å². The minimum atomic E-state index is 0.487. The molecule has 2 N–H and O–H groups in total. The molecule has 1 aromatic carbocycles. The van der Waals surface area contributed by atoms with E-state index in [1.165, 1.54) is 4.90 Å². The number of aromatic nitrogens is 1. The van der Waals surface area contributed by atoms with Crippen molar-refractivity contribution in [3.05, 3.63) is 30.5 Å². The number of fused-ring (bicyclic) bond motifs is 1. The van der Waals surface area contributed by atoms with E-state index in [1.54, 1.807) is 13.2 Å². The minimum absolute atomic E-state index is 0.487. The molecule has 2 rings (SSSR count). The van der Waals surface area contributed by atoms with E-state index < -0.39 is 0 Å². The molecule has 0 fully saturated rings. The van der Waals surface area contributed by atoms with Crippen LogP contribution in [0.4, 0.5) is 11.5 Å². The average molecular weight is 198 g/mol. The van der Waals surface area contributed by atoms with Crippen LogP contribution in [0.15, 0.2) is 30.5 Å². The van der Waals surface area contributed by atoms with Crippen molar-refractivity contribution in [2.45, 2.75) is 0 Å². The molecule has 4 heteroatoms. The van der Waals surface area contributed by atoms with E-state index in [1.807, 2.05) is 30.5 Å². The van der Waals surface area contributed by atoms with Crippen LogP contribution in [0.1, 0.15) is 0 Å². The third-order valence-corrected chi connectivity index (χ3v) is 2.32. The first-order valence-corrected chi connectivity index (χ1v) is 4.50. The molecular formula is C11H10N4. The van der Waals surface area contributed by atoms with Crippen molar-refractivity contribution < 1.29 is 0 Å². The molecule has 0 aliphatic heterocycles. The zero-order valence-electron chi connectivity index (χ0n) is 8.31. The standard InChI is InChI=1S/C11H10N4/c1-15(7-12)9-3-2-8-4-5-14-11(13)10(8)6-9/h2-6H,1H3,(H2,13,14). The van der Waals surface area contributed by atoms with Crippen molar-refractivity contribution in [3.63, 3.8) is 0 Å². The van der Waals surface area contributed by atoms with Crippen LogP contribution in [0, 0.1) is 11.5 Å². The largest absolute Gasteiger partial charge is 0.383 e. The number of pyridine rings is 1. The Kier molecular flexibility index (Phi) is 2.14. The molecule has 0 atom stereocenters. The summed E-state index contributed by atoms with van der Waals surface area (Å²) in [6, 6.07) is 7.56. The summed E-state index contributed by atoms with van der Waals surface area (Å²) in [5, 5.41) is 10.7. The van der Waals surface area contributed by atoms with Gasteiger partial charge in [0.05, 0.1) is 5.69 Å². The van der Waals surface area contributed by atoms with Gasteiger partial charge in [0.15, 0.2) is 6.19 Å². The van der Waals surface area contributed by atoms with E-state index in [-0.39, 0.29) is 0 Å². The van der Waals surface area contributed by atoms with Crippen LogP contribution in [0.3, 0.4) is 0 Å². The molecule has 0 spiro atoms. The van der Waals surface area contributed by atoms with Gasteiger partial charge in [-0.15, -0.1) is 0 Å². The summed E-state index contributed by atoms with van der Waals surface area (Å²) in [5.41, 5.74) is 6.56. The van der Waals surface area contributed by atoms with Gasteiger partial charge in [-0.05, 0) is 23.6 Å². The molecule has 4 nitrogen and oxygen atoms in total. The SMILES string of the molecule is CN(C#N)c1ccc2ccnc(N)c2c1. The van der Waals surface area contributed by atoms with Gasteiger partial charge in [-0.3, -0.25) is 4.90 Å². The lowest BCUT2D eigenvalue weighted by molar-refractivity contribution is 1.21. The molecular weight excluding hydrogens is 188 g/mol. The van der Waals surface area contributed by atoms with Crippen LogP contribution in [0.25, 0.3) is 10.8 Å². The number of nitrogens with two attached hydrogens (primary N) is 1. The van der Waals surface area contributed by atoms with E-state index >= 15 is 0 Å². The highest BCUT2D eigenvalue weighted by Gasteiger charge is 2.03. The molecule has 0 aliphatic rings. The molecule has 0 amide bonds. The van der Waals surface area contributed by atoms with Crippen molar-refractivity contribution in [1.29, 1.82) is 5.26 Å². The zero-order chi connectivity index (χ0) is 10.8. The van der Waals surface area contributed by atoms with Gasteiger partial charge in [0.1, 0.15) is 5.82 Å². The highest BCUT2D eigenvalue weighted by atomic mass is 15.1. The summed E-state index contributed by atoms with van der Waals surface area (Å²) in [6.07, 6.45) is 3.71. The van der Waals surface area contributed by atoms with Gasteiger partial charge in [0, 0.05) is 18.6 Å². The van der Waals surface area contributed by atoms with Crippen molar-refractivity contribution in [2.24, 2.45) is 0 Å². The van der Waals surface area contributed by atoms with E-state index in [9.17, 15) is 0 Å². The highest BCUT2D eigenvalue weighted by molar-refractivity contribution is 5.93. The van der Waals surface area contributed by atoms with Crippen LogP contribution in [0.2, 0.25) is 0 Å². The lowest BCUT2D eigenvalue weighted by Gasteiger charge is -2.10. The van der Waals surface area contributed by atoms with Crippen molar-refractivity contribution >= 4 is 22.3 Å². The van der Waals surface area contributed by atoms with Gasteiger partial charge in [-0.1, -0.05) is 6.07 Å². The number of hydrogen-bond acceptors (Lipinski definition) is 4. The topological polar surface area (TPSA) is 65.9 Å². The second-order valence-electron chi connectivity index (χ2n) is 3.26. The molecule has 0 saturated heterocycles. The fourth-order valence-corrected chi connectivity index (χ4v) is 1.45. The fraction of sp³-hybridized carbons (Fsp3) is 0.0909. The Morgan fingerprint density at radius 1 is 1.40 bits per heavy atom. The number of nitriles is 1. The smallest absolute Gasteiger partial charge is 0.183 e. The van der Waals surface area contributed by atoms with Gasteiger partial charge in [-0.25, -0.2) is 4.98 Å². The predicted octanol–water partition coefficient (Wildman–Crippen LogP) is 1.73. The lowest BCUT2D eigenvalue weighted by Crippen LogP contribution is -2.07. The molecule has 74 valence electrons. The van der Waals surface area contributed by atoms with Gasteiger partial charge in [0.25, 0.3) is 0 Å². The number of hydrogen-bond donors (Lipinski definition) is 1. The number of nitrogen functional groups attached to an aromatic ring is 1. The van der Waals surface area contributed by atoms with Crippen LogP contribution in [-0.4, -0.2) is 12.0 Å². The van der Waals surface area contributed by atoms with Gasteiger partial charge >= 0.3 is 0 Å². The quantitative estimate of drug-likeness (QED) is 0.559. The highest BCUT2D eigenvalue weighted by Crippen LogP contribution is 2.24. The Bertz CT molecular complexity index is 542. The Balaban J connectivity index is 2.66. The lowest BCUT2D eigenvalue weighted by atomic mass is 10.1. The van der Waals surface area contributed by atoms with Crippen LogP contribution < -0.4 is 10.6 Å². The normalized spacial score (nSPS) is 9.87. The molecule has 2 aromatic rings. The average Bonchev–Trinajstić information content (AvgIpc) is 2.28. The maximum atomic E-state index is 8.76. The molecule has 15 heavy (non-hydrogen) atoms. The summed E-state index contributed by atoms with van der Waals surface area (Å²) in [4.78, 5) is 5.49. The Labute approximate surface area is 87.6 Å². The number of rotatable bonds is 1. The first-order chi connectivity index (χ1) is 7.22. The number of anilines is 2. The van der Waals surface area contributed by atoms with E-state index in [0.29, 0.717) is 5.82 Å². The Morgan fingerprint density at radius 2 is 2.20 bits per heavy atom. The number of nitrogens with zero attached hydrogens (tertiary/aromatic N) is 3. The van der Waals surface area contributed by atoms with Crippen molar-refractivity contribution in [3.8, 4) is 6.19 Å². The minimum Gasteiger partial charge on any atom is -0.383 e. The predicted molar refractivity (Wildman–Crippen MR) is 60.2 cm³/mol. The first-order valence-electron chi connectivity index (χ1n) is 4.50. The number of benzene rings is 1. The monoisotopic (exact) mass is 198 g/mol. The summed E-state index contributed by atoms with van der Waals surface area (Å²) in [6.45, 7) is 0. The van der Waals surface area contributed by atoms with Crippen LogP contribution >= 0.6 is 0 Å². The van der Waals surface area contributed by atoms with Gasteiger partial charge in [-0.2, -0.15) is 5.26 Å². The molecule has 0 unspecified atom stereocenters. The van der Waals surface area contributed by atoms with E-state index in [2.05, 4.69) is 4.98 Å². The second kappa shape index (κ2) is 3.46. The molecule has 0 saturated carbocycles. The van der Waals surface area contributed by atoms with Crippen molar-refractivity contribution in [2.75, 3.05) is 17.7 Å². The van der Waals surface area contributed by atoms with E-state index in [4.69, 9.17) is 11.0 Å². The van der Waals surface area contributed by atoms with E-state index in [0.717, 1.165) is 16.5 Å². The van der Waals surface area contributed by atoms with Crippen LogP contribution in [0.5, 0.6) is 0 Å². The fourth-order valence-electron chi connectivity index (χ4n) is 1.45. The maximum Gasteiger partial charge on any atom is 0.183 e. The van der Waals surface area contributed by atoms with Gasteiger partial charge in [0.2, 0.25) is 0 Å². The molecule has 1 heterocycles. The summed E-state index contributed by atoms with van der Waals surface area (Å²) >= 11 is 0. The summed E-state index contributed by atoms with van der Waals surface area (Å²) in [7, 11) is 1.70. The third kappa shape index (κ3) is 1.55. The molecule has 0 aliphatic carbocycles. The Morgan fingerprint density at radius 3 is 2.93 bits per heavy atom. The maximum absolute atomic E-state index is 8.76. The Hall–Kier alpha value is -2.28. The second-order valence-corrected chi connectivity index (χ2v) is 3.26. The molecule has 0 bridgehead atoms. The molecule has 0 radical (unpaired) electrons. The third-order valence-electron chi connectivity index (χ3n) is 2.32. The summed E-state index contributed by atoms with van der Waals surface area (Å²) in [5.74, 6) is 0.487. The summed E-state index contributed by atoms with van der Waals surface area (Å²) < 4.78 is 0. The molecule has 1 aromatic heterocycles.